The first-order valence-electron chi connectivity index (χ1n) is 6.16. The molecule has 1 aliphatic rings. The molecule has 0 bridgehead atoms. The van der Waals surface area contributed by atoms with Crippen LogP contribution in [0.2, 0.25) is 5.02 Å². The van der Waals surface area contributed by atoms with E-state index in [1.807, 2.05) is 0 Å². The van der Waals surface area contributed by atoms with Crippen LogP contribution in [-0.4, -0.2) is 23.3 Å². The number of ether oxygens (including phenoxy) is 1. The normalized spacial score (nSPS) is 14.6. The highest BCUT2D eigenvalue weighted by Gasteiger charge is 2.21. The van der Waals surface area contributed by atoms with Crippen molar-refractivity contribution in [3.63, 3.8) is 0 Å². The number of benzene rings is 1. The third-order valence-electron chi connectivity index (χ3n) is 2.98. The molecule has 100 valence electrons. The van der Waals surface area contributed by atoms with Crippen molar-refractivity contribution in [1.82, 2.24) is 15.5 Å². The summed E-state index contributed by atoms with van der Waals surface area (Å²) in [4.78, 5) is 0. The molecule has 1 fully saturated rings. The summed E-state index contributed by atoms with van der Waals surface area (Å²) in [6, 6.07) is 5.90. The predicted molar refractivity (Wildman–Crippen MR) is 71.2 cm³/mol. The Hall–Kier alpha value is -1.59. The molecule has 0 saturated heterocycles. The summed E-state index contributed by atoms with van der Waals surface area (Å²) >= 11 is 5.98. The zero-order valence-corrected chi connectivity index (χ0v) is 11.3. The van der Waals surface area contributed by atoms with Crippen LogP contribution in [0.5, 0.6) is 5.75 Å². The molecular weight excluding hydrogens is 266 g/mol. The quantitative estimate of drug-likeness (QED) is 0.912. The third-order valence-corrected chi connectivity index (χ3v) is 3.21. The van der Waals surface area contributed by atoms with Gasteiger partial charge in [-0.25, -0.2) is 0 Å². The van der Waals surface area contributed by atoms with Gasteiger partial charge in [-0.2, -0.15) is 0 Å². The van der Waals surface area contributed by atoms with E-state index in [-0.39, 0.29) is 0 Å². The Morgan fingerprint density at radius 2 is 2.26 bits per heavy atom. The molecule has 0 atom stereocenters. The molecule has 1 N–H and O–H groups in total. The average Bonchev–Trinajstić information content (AvgIpc) is 3.13. The summed E-state index contributed by atoms with van der Waals surface area (Å²) in [7, 11) is 1.60. The molecule has 0 radical (unpaired) electrons. The second-order valence-corrected chi connectivity index (χ2v) is 4.94. The van der Waals surface area contributed by atoms with Crippen molar-refractivity contribution in [1.29, 1.82) is 0 Å². The first-order valence-corrected chi connectivity index (χ1v) is 6.54. The fraction of sp³-hybridized carbons (Fsp3) is 0.385. The molecule has 6 heteroatoms. The summed E-state index contributed by atoms with van der Waals surface area (Å²) in [5.41, 5.74) is 0.708. The fourth-order valence-electron chi connectivity index (χ4n) is 1.80. The SMILES string of the molecule is COc1ccc(Cl)cc1-c1nnc(CNC2CC2)o1. The van der Waals surface area contributed by atoms with Crippen molar-refractivity contribution in [2.75, 3.05) is 7.11 Å². The standard InChI is InChI=1S/C13H14ClN3O2/c1-18-11-5-2-8(14)6-10(11)13-17-16-12(19-13)7-15-9-3-4-9/h2,5-6,9,15H,3-4,7H2,1H3. The molecule has 0 aliphatic heterocycles. The van der Waals surface area contributed by atoms with Gasteiger partial charge in [-0.3, -0.25) is 0 Å². The summed E-state index contributed by atoms with van der Waals surface area (Å²) < 4.78 is 10.9. The van der Waals surface area contributed by atoms with Crippen LogP contribution in [0.25, 0.3) is 11.5 Å². The Morgan fingerprint density at radius 1 is 1.42 bits per heavy atom. The molecule has 1 heterocycles. The van der Waals surface area contributed by atoms with Crippen molar-refractivity contribution >= 4 is 11.6 Å². The smallest absolute Gasteiger partial charge is 0.251 e. The first-order chi connectivity index (χ1) is 9.26. The average molecular weight is 280 g/mol. The van der Waals surface area contributed by atoms with Gasteiger partial charge in [0.05, 0.1) is 19.2 Å². The molecule has 1 aromatic heterocycles. The van der Waals surface area contributed by atoms with Gasteiger partial charge >= 0.3 is 0 Å². The van der Waals surface area contributed by atoms with E-state index in [9.17, 15) is 0 Å². The lowest BCUT2D eigenvalue weighted by Crippen LogP contribution is -2.15. The van der Waals surface area contributed by atoms with Gasteiger partial charge in [-0.15, -0.1) is 10.2 Å². The lowest BCUT2D eigenvalue weighted by Gasteiger charge is -2.04. The second-order valence-electron chi connectivity index (χ2n) is 4.50. The number of hydrogen-bond donors (Lipinski definition) is 1. The lowest BCUT2D eigenvalue weighted by molar-refractivity contribution is 0.413. The highest BCUT2D eigenvalue weighted by Crippen LogP contribution is 2.31. The minimum Gasteiger partial charge on any atom is -0.496 e. The van der Waals surface area contributed by atoms with Gasteiger partial charge < -0.3 is 14.5 Å². The maximum Gasteiger partial charge on any atom is 0.251 e. The molecular formula is C13H14ClN3O2. The Balaban J connectivity index is 1.82. The highest BCUT2D eigenvalue weighted by atomic mass is 35.5. The van der Waals surface area contributed by atoms with E-state index in [0.717, 1.165) is 0 Å². The molecule has 1 aliphatic carbocycles. The van der Waals surface area contributed by atoms with E-state index < -0.39 is 0 Å². The molecule has 0 unspecified atom stereocenters. The summed E-state index contributed by atoms with van der Waals surface area (Å²) in [5, 5.41) is 12.0. The summed E-state index contributed by atoms with van der Waals surface area (Å²) in [6.07, 6.45) is 2.45. The molecule has 19 heavy (non-hydrogen) atoms. The van der Waals surface area contributed by atoms with Crippen molar-refractivity contribution in [2.45, 2.75) is 25.4 Å². The maximum absolute atomic E-state index is 5.98. The van der Waals surface area contributed by atoms with E-state index in [1.165, 1.54) is 12.8 Å². The number of nitrogens with zero attached hydrogens (tertiary/aromatic N) is 2. The number of nitrogens with one attached hydrogen (secondary N) is 1. The predicted octanol–water partition coefficient (Wildman–Crippen LogP) is 2.65. The van der Waals surface area contributed by atoms with Crippen molar-refractivity contribution in [3.05, 3.63) is 29.1 Å². The third kappa shape index (κ3) is 2.88. The number of methoxy groups -OCH3 is 1. The van der Waals surface area contributed by atoms with Crippen molar-refractivity contribution in [3.8, 4) is 17.2 Å². The number of hydrogen-bond acceptors (Lipinski definition) is 5. The zero-order valence-electron chi connectivity index (χ0n) is 10.5. The van der Waals surface area contributed by atoms with Crippen LogP contribution in [0.4, 0.5) is 0 Å². The Bertz CT molecular complexity index is 581. The van der Waals surface area contributed by atoms with Gasteiger partial charge in [0.2, 0.25) is 5.89 Å². The van der Waals surface area contributed by atoms with E-state index in [1.54, 1.807) is 25.3 Å². The van der Waals surface area contributed by atoms with Gasteiger partial charge in [0.15, 0.2) is 0 Å². The number of halogens is 1. The maximum atomic E-state index is 5.98. The van der Waals surface area contributed by atoms with Crippen LogP contribution in [-0.2, 0) is 6.54 Å². The van der Waals surface area contributed by atoms with E-state index in [2.05, 4.69) is 15.5 Å². The van der Waals surface area contributed by atoms with Crippen LogP contribution in [0, 0.1) is 0 Å². The van der Waals surface area contributed by atoms with Gasteiger partial charge in [-0.1, -0.05) is 11.6 Å². The van der Waals surface area contributed by atoms with Crippen LogP contribution in [0.1, 0.15) is 18.7 Å². The molecule has 2 aromatic rings. The Morgan fingerprint density at radius 3 is 3.00 bits per heavy atom. The second kappa shape index (κ2) is 5.19. The largest absolute Gasteiger partial charge is 0.496 e. The summed E-state index contributed by atoms with van der Waals surface area (Å²) in [6.45, 7) is 0.598. The first kappa shape index (κ1) is 12.4. The molecule has 1 aromatic carbocycles. The molecule has 0 amide bonds. The van der Waals surface area contributed by atoms with E-state index in [0.29, 0.717) is 40.7 Å². The van der Waals surface area contributed by atoms with Crippen LogP contribution >= 0.6 is 11.6 Å². The van der Waals surface area contributed by atoms with Crippen molar-refractivity contribution in [2.24, 2.45) is 0 Å². The number of rotatable bonds is 5. The molecule has 0 spiro atoms. The van der Waals surface area contributed by atoms with Gasteiger partial charge in [0, 0.05) is 11.1 Å². The lowest BCUT2D eigenvalue weighted by atomic mass is 10.2. The van der Waals surface area contributed by atoms with Crippen LogP contribution in [0.15, 0.2) is 22.6 Å². The Kier molecular flexibility index (Phi) is 3.40. The van der Waals surface area contributed by atoms with Crippen LogP contribution < -0.4 is 10.1 Å². The fourth-order valence-corrected chi connectivity index (χ4v) is 1.97. The topological polar surface area (TPSA) is 60.2 Å². The van der Waals surface area contributed by atoms with Gasteiger partial charge in [0.25, 0.3) is 5.89 Å². The monoisotopic (exact) mass is 279 g/mol. The van der Waals surface area contributed by atoms with Gasteiger partial charge in [-0.05, 0) is 31.0 Å². The molecule has 1 saturated carbocycles. The Labute approximate surface area is 115 Å². The van der Waals surface area contributed by atoms with E-state index in [4.69, 9.17) is 20.8 Å². The minimum absolute atomic E-state index is 0.423. The summed E-state index contributed by atoms with van der Waals surface area (Å²) in [5.74, 6) is 1.66. The number of aromatic nitrogens is 2. The highest BCUT2D eigenvalue weighted by molar-refractivity contribution is 6.30. The zero-order chi connectivity index (χ0) is 13.2. The molecule has 3 rings (SSSR count). The van der Waals surface area contributed by atoms with Crippen LogP contribution in [0.3, 0.4) is 0 Å². The minimum atomic E-state index is 0.423. The van der Waals surface area contributed by atoms with Gasteiger partial charge in [0.1, 0.15) is 5.75 Å². The molecule has 5 nitrogen and oxygen atoms in total. The van der Waals surface area contributed by atoms with Crippen molar-refractivity contribution < 1.29 is 9.15 Å². The van der Waals surface area contributed by atoms with E-state index >= 15 is 0 Å².